The number of anilines is 1. The molecule has 5 rings (SSSR count). The second-order valence-electron chi connectivity index (χ2n) is 6.96. The minimum Gasteiger partial charge on any atom is -0.454 e. The summed E-state index contributed by atoms with van der Waals surface area (Å²) >= 11 is 15.5. The molecule has 0 unspecified atom stereocenters. The molecule has 2 N–H and O–H groups in total. The highest BCUT2D eigenvalue weighted by molar-refractivity contribution is 9.10. The Kier molecular flexibility index (Phi) is 5.54. The van der Waals surface area contributed by atoms with Crippen LogP contribution in [0.1, 0.15) is 16.1 Å². The number of nitrogens with zero attached hydrogens (tertiary/aromatic N) is 3. The lowest BCUT2D eigenvalue weighted by Crippen LogP contribution is -2.13. The lowest BCUT2D eigenvalue weighted by Gasteiger charge is -2.04. The predicted octanol–water partition coefficient (Wildman–Crippen LogP) is 5.37. The van der Waals surface area contributed by atoms with Gasteiger partial charge in [0.15, 0.2) is 17.3 Å². The van der Waals surface area contributed by atoms with E-state index in [1.165, 1.54) is 0 Å². The highest BCUT2D eigenvalue weighted by atomic mass is 79.9. The number of amides is 1. The average Bonchev–Trinajstić information content (AvgIpc) is 3.50. The maximum absolute atomic E-state index is 12.7. The Morgan fingerprint density at radius 3 is 2.81 bits per heavy atom. The molecule has 0 atom stereocenters. The van der Waals surface area contributed by atoms with Crippen LogP contribution in [0.5, 0.6) is 11.5 Å². The standard InChI is InChI=1S/C21H14BrCl2N5O3/c22-13-9-29(8-11-1-3-14(23)15(24)5-11)28-20(13)25-21(30)17-7-16(26-27-17)12-2-4-18-19(6-12)32-10-31-18/h1-7,9H,8,10H2,(H,26,27)(H,25,28,30). The number of H-pyrrole nitrogens is 1. The molecule has 1 amide bonds. The second kappa shape index (κ2) is 8.50. The summed E-state index contributed by atoms with van der Waals surface area (Å²) in [7, 11) is 0. The number of rotatable bonds is 5. The largest absolute Gasteiger partial charge is 0.454 e. The Balaban J connectivity index is 1.30. The molecule has 4 aromatic rings. The number of aromatic amines is 1. The van der Waals surface area contributed by atoms with Gasteiger partial charge < -0.3 is 14.8 Å². The number of ether oxygens (including phenoxy) is 2. The number of halogens is 3. The van der Waals surface area contributed by atoms with Gasteiger partial charge in [-0.25, -0.2) is 0 Å². The third-order valence-corrected chi connectivity index (χ3v) is 6.09. The fraction of sp³-hybridized carbons (Fsp3) is 0.0952. The van der Waals surface area contributed by atoms with Crippen LogP contribution in [-0.4, -0.2) is 32.7 Å². The molecular formula is C21H14BrCl2N5O3. The molecule has 1 aliphatic heterocycles. The molecule has 32 heavy (non-hydrogen) atoms. The fourth-order valence-corrected chi connectivity index (χ4v) is 3.94. The van der Waals surface area contributed by atoms with E-state index in [4.69, 9.17) is 32.7 Å². The van der Waals surface area contributed by atoms with Gasteiger partial charge in [0.25, 0.3) is 5.91 Å². The van der Waals surface area contributed by atoms with Crippen LogP contribution in [0.15, 0.2) is 53.1 Å². The van der Waals surface area contributed by atoms with Crippen LogP contribution in [0.3, 0.4) is 0 Å². The second-order valence-corrected chi connectivity index (χ2v) is 8.63. The topological polar surface area (TPSA) is 94.1 Å². The summed E-state index contributed by atoms with van der Waals surface area (Å²) in [5.41, 5.74) is 2.63. The van der Waals surface area contributed by atoms with Gasteiger partial charge >= 0.3 is 0 Å². The van der Waals surface area contributed by atoms with Gasteiger partial charge in [-0.2, -0.15) is 10.2 Å². The third kappa shape index (κ3) is 4.19. The SMILES string of the molecule is O=C(Nc1nn(Cc2ccc(Cl)c(Cl)c2)cc1Br)c1cc(-c2ccc3c(c2)OCO3)n[nH]1. The lowest BCUT2D eigenvalue weighted by molar-refractivity contribution is 0.102. The molecule has 1 aliphatic rings. The molecule has 0 saturated heterocycles. The smallest absolute Gasteiger partial charge is 0.274 e. The first-order chi connectivity index (χ1) is 15.5. The zero-order valence-corrected chi connectivity index (χ0v) is 19.3. The Labute approximate surface area is 200 Å². The monoisotopic (exact) mass is 533 g/mol. The van der Waals surface area contributed by atoms with Crippen molar-refractivity contribution >= 4 is 50.9 Å². The van der Waals surface area contributed by atoms with Crippen molar-refractivity contribution in [1.29, 1.82) is 0 Å². The summed E-state index contributed by atoms with van der Waals surface area (Å²) in [6.45, 7) is 0.656. The van der Waals surface area contributed by atoms with Crippen molar-refractivity contribution in [3.8, 4) is 22.8 Å². The molecule has 162 valence electrons. The quantitative estimate of drug-likeness (QED) is 0.359. The van der Waals surface area contributed by atoms with Crippen LogP contribution < -0.4 is 14.8 Å². The number of fused-ring (bicyclic) bond motifs is 1. The maximum Gasteiger partial charge on any atom is 0.274 e. The Morgan fingerprint density at radius 1 is 1.12 bits per heavy atom. The molecule has 0 aliphatic carbocycles. The van der Waals surface area contributed by atoms with Crippen molar-refractivity contribution in [3.63, 3.8) is 0 Å². The Bertz CT molecular complexity index is 1340. The molecule has 0 radical (unpaired) electrons. The van der Waals surface area contributed by atoms with E-state index in [0.717, 1.165) is 11.1 Å². The Hall–Kier alpha value is -3.01. The summed E-state index contributed by atoms with van der Waals surface area (Å²) in [6.07, 6.45) is 1.77. The number of carbonyl (C=O) groups is 1. The number of aromatic nitrogens is 4. The summed E-state index contributed by atoms with van der Waals surface area (Å²) < 4.78 is 13.0. The highest BCUT2D eigenvalue weighted by Gasteiger charge is 2.18. The van der Waals surface area contributed by atoms with Crippen molar-refractivity contribution < 1.29 is 14.3 Å². The van der Waals surface area contributed by atoms with Crippen molar-refractivity contribution in [2.45, 2.75) is 6.54 Å². The summed E-state index contributed by atoms with van der Waals surface area (Å²) in [4.78, 5) is 12.7. The van der Waals surface area contributed by atoms with E-state index >= 15 is 0 Å². The average molecular weight is 535 g/mol. The molecule has 0 fully saturated rings. The van der Waals surface area contributed by atoms with Gasteiger partial charge in [-0.15, -0.1) is 0 Å². The number of benzene rings is 2. The van der Waals surface area contributed by atoms with Gasteiger partial charge in [0, 0.05) is 11.8 Å². The van der Waals surface area contributed by atoms with E-state index in [1.807, 2.05) is 24.3 Å². The van der Waals surface area contributed by atoms with Crippen LogP contribution in [0.2, 0.25) is 10.0 Å². The zero-order chi connectivity index (χ0) is 22.2. The molecule has 2 aromatic carbocycles. The van der Waals surface area contributed by atoms with E-state index in [1.54, 1.807) is 29.1 Å². The number of hydrogen-bond donors (Lipinski definition) is 2. The first-order valence-corrected chi connectivity index (χ1v) is 10.9. The van der Waals surface area contributed by atoms with Gasteiger partial charge in [0.1, 0.15) is 5.69 Å². The van der Waals surface area contributed by atoms with Gasteiger partial charge in [-0.1, -0.05) is 29.3 Å². The van der Waals surface area contributed by atoms with Crippen LogP contribution in [0.25, 0.3) is 11.3 Å². The molecule has 8 nitrogen and oxygen atoms in total. The summed E-state index contributed by atoms with van der Waals surface area (Å²) in [5, 5.41) is 15.2. The predicted molar refractivity (Wildman–Crippen MR) is 124 cm³/mol. The molecule has 0 spiro atoms. The van der Waals surface area contributed by atoms with Gasteiger partial charge in [0.05, 0.1) is 26.8 Å². The first-order valence-electron chi connectivity index (χ1n) is 9.40. The van der Waals surface area contributed by atoms with Crippen molar-refractivity contribution in [3.05, 3.63) is 74.4 Å². The van der Waals surface area contributed by atoms with E-state index < -0.39 is 0 Å². The van der Waals surface area contributed by atoms with Crippen molar-refractivity contribution in [2.24, 2.45) is 0 Å². The van der Waals surface area contributed by atoms with Gasteiger partial charge in [-0.05, 0) is 57.9 Å². The maximum atomic E-state index is 12.7. The van der Waals surface area contributed by atoms with E-state index in [-0.39, 0.29) is 12.7 Å². The lowest BCUT2D eigenvalue weighted by atomic mass is 10.1. The minimum atomic E-state index is -0.370. The molecular weight excluding hydrogens is 521 g/mol. The molecule has 3 heterocycles. The van der Waals surface area contributed by atoms with Gasteiger partial charge in [0.2, 0.25) is 6.79 Å². The van der Waals surface area contributed by atoms with E-state index in [0.29, 0.717) is 49.8 Å². The van der Waals surface area contributed by atoms with Crippen LogP contribution in [-0.2, 0) is 6.54 Å². The number of hydrogen-bond acceptors (Lipinski definition) is 5. The highest BCUT2D eigenvalue weighted by Crippen LogP contribution is 2.35. The normalized spacial score (nSPS) is 12.2. The molecule has 11 heteroatoms. The first kappa shape index (κ1) is 20.9. The Morgan fingerprint density at radius 2 is 1.97 bits per heavy atom. The van der Waals surface area contributed by atoms with E-state index in [9.17, 15) is 4.79 Å². The van der Waals surface area contributed by atoms with Gasteiger partial charge in [-0.3, -0.25) is 14.6 Å². The number of nitrogens with one attached hydrogen (secondary N) is 2. The molecule has 2 aromatic heterocycles. The molecule has 0 bridgehead atoms. The molecule has 0 saturated carbocycles. The van der Waals surface area contributed by atoms with Crippen LogP contribution in [0, 0.1) is 0 Å². The van der Waals surface area contributed by atoms with Crippen LogP contribution >= 0.6 is 39.1 Å². The zero-order valence-electron chi connectivity index (χ0n) is 16.2. The third-order valence-electron chi connectivity index (χ3n) is 4.77. The van der Waals surface area contributed by atoms with Crippen LogP contribution in [0.4, 0.5) is 5.82 Å². The number of carbonyl (C=O) groups excluding carboxylic acids is 1. The summed E-state index contributed by atoms with van der Waals surface area (Å²) in [6, 6.07) is 12.5. The minimum absolute atomic E-state index is 0.194. The summed E-state index contributed by atoms with van der Waals surface area (Å²) in [5.74, 6) is 1.34. The fourth-order valence-electron chi connectivity index (χ4n) is 3.20. The van der Waals surface area contributed by atoms with Crippen molar-refractivity contribution in [1.82, 2.24) is 20.0 Å². The van der Waals surface area contributed by atoms with E-state index in [2.05, 4.69) is 36.5 Å². The van der Waals surface area contributed by atoms with Crippen molar-refractivity contribution in [2.75, 3.05) is 12.1 Å².